The van der Waals surface area contributed by atoms with E-state index in [-0.39, 0.29) is 25.4 Å². The van der Waals surface area contributed by atoms with E-state index < -0.39 is 29.5 Å². The predicted molar refractivity (Wildman–Crippen MR) is 71.1 cm³/mol. The molecule has 1 aliphatic heterocycles. The number of carboxylic acid groups (broad SMARTS) is 1. The summed E-state index contributed by atoms with van der Waals surface area (Å²) < 4.78 is 5.23. The standard InChI is InChI=1S/C13H22N2O5/c1-13(2,3)20-12(19)15-6-8(10(16)14-4)5-9(7-15)11(17)18/h8-9H,5-7H2,1-4H3,(H,14,16)(H,17,18)/t8-,9+/m0/s1. The van der Waals surface area contributed by atoms with Gasteiger partial charge in [0.15, 0.2) is 0 Å². The molecule has 20 heavy (non-hydrogen) atoms. The lowest BCUT2D eigenvalue weighted by molar-refractivity contribution is -0.145. The molecular formula is C13H22N2O5. The van der Waals surface area contributed by atoms with Gasteiger partial charge in [-0.25, -0.2) is 4.79 Å². The quantitative estimate of drug-likeness (QED) is 0.778. The van der Waals surface area contributed by atoms with Gasteiger partial charge in [-0.3, -0.25) is 9.59 Å². The van der Waals surface area contributed by atoms with Crippen LogP contribution in [-0.4, -0.2) is 53.7 Å². The number of nitrogens with zero attached hydrogens (tertiary/aromatic N) is 1. The zero-order valence-corrected chi connectivity index (χ0v) is 12.3. The summed E-state index contributed by atoms with van der Waals surface area (Å²) in [5.41, 5.74) is -0.657. The summed E-state index contributed by atoms with van der Waals surface area (Å²) in [5.74, 6) is -2.54. The van der Waals surface area contributed by atoms with Gasteiger partial charge in [-0.1, -0.05) is 0 Å². The van der Waals surface area contributed by atoms with E-state index in [1.807, 2.05) is 0 Å². The van der Waals surface area contributed by atoms with Crippen molar-refractivity contribution < 1.29 is 24.2 Å². The summed E-state index contributed by atoms with van der Waals surface area (Å²) in [4.78, 5) is 36.2. The lowest BCUT2D eigenvalue weighted by Crippen LogP contribution is -2.51. The Hall–Kier alpha value is -1.79. The topological polar surface area (TPSA) is 95.9 Å². The Morgan fingerprint density at radius 2 is 1.75 bits per heavy atom. The molecule has 7 nitrogen and oxygen atoms in total. The Kier molecular flexibility index (Phi) is 4.97. The van der Waals surface area contributed by atoms with Crippen molar-refractivity contribution >= 4 is 18.0 Å². The third-order valence-corrected chi connectivity index (χ3v) is 3.07. The maximum Gasteiger partial charge on any atom is 0.410 e. The van der Waals surface area contributed by atoms with Gasteiger partial charge < -0.3 is 20.1 Å². The Balaban J connectivity index is 2.82. The second kappa shape index (κ2) is 6.11. The molecule has 1 heterocycles. The molecule has 7 heteroatoms. The zero-order valence-electron chi connectivity index (χ0n) is 12.3. The van der Waals surface area contributed by atoms with Crippen LogP contribution in [0.3, 0.4) is 0 Å². The highest BCUT2D eigenvalue weighted by atomic mass is 16.6. The van der Waals surface area contributed by atoms with E-state index in [1.54, 1.807) is 20.8 Å². The first-order valence-corrected chi connectivity index (χ1v) is 6.56. The number of carbonyl (C=O) groups is 3. The van der Waals surface area contributed by atoms with Gasteiger partial charge in [0.25, 0.3) is 0 Å². The van der Waals surface area contributed by atoms with Crippen LogP contribution in [-0.2, 0) is 14.3 Å². The predicted octanol–water partition coefficient (Wildman–Crippen LogP) is 0.690. The van der Waals surface area contributed by atoms with Gasteiger partial charge in [0.05, 0.1) is 11.8 Å². The van der Waals surface area contributed by atoms with Gasteiger partial charge >= 0.3 is 12.1 Å². The summed E-state index contributed by atoms with van der Waals surface area (Å²) >= 11 is 0. The zero-order chi connectivity index (χ0) is 15.5. The first-order valence-electron chi connectivity index (χ1n) is 6.56. The molecule has 1 fully saturated rings. The Morgan fingerprint density at radius 3 is 2.20 bits per heavy atom. The van der Waals surface area contributed by atoms with Crippen LogP contribution >= 0.6 is 0 Å². The van der Waals surface area contributed by atoms with E-state index in [1.165, 1.54) is 11.9 Å². The molecular weight excluding hydrogens is 264 g/mol. The fourth-order valence-electron chi connectivity index (χ4n) is 2.15. The first-order chi connectivity index (χ1) is 9.14. The smallest absolute Gasteiger partial charge is 0.410 e. The summed E-state index contributed by atoms with van der Waals surface area (Å²) in [5, 5.41) is 11.6. The van der Waals surface area contributed by atoms with Crippen LogP contribution < -0.4 is 5.32 Å². The maximum absolute atomic E-state index is 12.0. The van der Waals surface area contributed by atoms with E-state index in [0.29, 0.717) is 0 Å². The third kappa shape index (κ3) is 4.40. The number of likely N-dealkylation sites (tertiary alicyclic amines) is 1. The van der Waals surface area contributed by atoms with Gasteiger partial charge in [-0.15, -0.1) is 0 Å². The normalized spacial score (nSPS) is 23.1. The van der Waals surface area contributed by atoms with Gasteiger partial charge in [0, 0.05) is 20.1 Å². The molecule has 0 saturated carbocycles. The lowest BCUT2D eigenvalue weighted by atomic mass is 9.89. The van der Waals surface area contributed by atoms with Crippen LogP contribution in [0.2, 0.25) is 0 Å². The van der Waals surface area contributed by atoms with Crippen LogP contribution in [0.25, 0.3) is 0 Å². The molecule has 1 rings (SSSR count). The van der Waals surface area contributed by atoms with Gasteiger partial charge in [0.1, 0.15) is 5.60 Å². The van der Waals surface area contributed by atoms with Crippen molar-refractivity contribution in [1.82, 2.24) is 10.2 Å². The molecule has 0 aromatic rings. The number of ether oxygens (including phenoxy) is 1. The molecule has 2 N–H and O–H groups in total. The molecule has 0 spiro atoms. The molecule has 0 aromatic carbocycles. The van der Waals surface area contributed by atoms with Crippen LogP contribution in [0, 0.1) is 11.8 Å². The number of carbonyl (C=O) groups excluding carboxylic acids is 2. The van der Waals surface area contributed by atoms with Crippen molar-refractivity contribution in [3.63, 3.8) is 0 Å². The average molecular weight is 286 g/mol. The summed E-state index contributed by atoms with van der Waals surface area (Å²) in [7, 11) is 1.49. The van der Waals surface area contributed by atoms with Crippen molar-refractivity contribution in [1.29, 1.82) is 0 Å². The highest BCUT2D eigenvalue weighted by Crippen LogP contribution is 2.24. The number of aliphatic carboxylic acids is 1. The van der Waals surface area contributed by atoms with Crippen LogP contribution in [0.4, 0.5) is 4.79 Å². The van der Waals surface area contributed by atoms with Gasteiger partial charge in [-0.2, -0.15) is 0 Å². The number of hydrogen-bond acceptors (Lipinski definition) is 4. The molecule has 1 aliphatic rings. The highest BCUT2D eigenvalue weighted by molar-refractivity contribution is 5.81. The molecule has 0 radical (unpaired) electrons. The molecule has 0 aromatic heterocycles. The van der Waals surface area contributed by atoms with E-state index in [4.69, 9.17) is 9.84 Å². The minimum Gasteiger partial charge on any atom is -0.481 e. The Bertz CT molecular complexity index is 402. The Labute approximate surface area is 118 Å². The molecule has 2 amide bonds. The van der Waals surface area contributed by atoms with E-state index >= 15 is 0 Å². The molecule has 114 valence electrons. The fraction of sp³-hybridized carbons (Fsp3) is 0.769. The molecule has 1 saturated heterocycles. The number of hydrogen-bond donors (Lipinski definition) is 2. The lowest BCUT2D eigenvalue weighted by Gasteiger charge is -2.36. The third-order valence-electron chi connectivity index (χ3n) is 3.07. The van der Waals surface area contributed by atoms with Crippen LogP contribution in [0.5, 0.6) is 0 Å². The van der Waals surface area contributed by atoms with Crippen LogP contribution in [0.1, 0.15) is 27.2 Å². The van der Waals surface area contributed by atoms with Crippen molar-refractivity contribution in [2.75, 3.05) is 20.1 Å². The highest BCUT2D eigenvalue weighted by Gasteiger charge is 2.38. The summed E-state index contributed by atoms with van der Waals surface area (Å²) in [6, 6.07) is 0. The summed E-state index contributed by atoms with van der Waals surface area (Å²) in [6.45, 7) is 5.45. The number of piperidine rings is 1. The SMILES string of the molecule is CNC(=O)[C@H]1C[C@@H](C(=O)O)CN(C(=O)OC(C)(C)C)C1. The molecule has 0 bridgehead atoms. The first kappa shape index (κ1) is 16.3. The number of carboxylic acids is 1. The second-order valence-corrected chi connectivity index (χ2v) is 5.97. The minimum absolute atomic E-state index is 0.0672. The summed E-state index contributed by atoms with van der Waals surface area (Å²) in [6.07, 6.45) is -0.355. The van der Waals surface area contributed by atoms with E-state index in [9.17, 15) is 14.4 Å². The number of rotatable bonds is 2. The average Bonchev–Trinajstić information content (AvgIpc) is 2.35. The minimum atomic E-state index is -1.01. The van der Waals surface area contributed by atoms with Crippen molar-refractivity contribution in [3.8, 4) is 0 Å². The second-order valence-electron chi connectivity index (χ2n) is 5.97. The van der Waals surface area contributed by atoms with Crippen molar-refractivity contribution in [2.24, 2.45) is 11.8 Å². The van der Waals surface area contributed by atoms with E-state index in [2.05, 4.69) is 5.32 Å². The largest absolute Gasteiger partial charge is 0.481 e. The van der Waals surface area contributed by atoms with E-state index in [0.717, 1.165) is 0 Å². The Morgan fingerprint density at radius 1 is 1.20 bits per heavy atom. The number of nitrogens with one attached hydrogen (secondary N) is 1. The molecule has 0 aliphatic carbocycles. The van der Waals surface area contributed by atoms with Gasteiger partial charge in [0.2, 0.25) is 5.91 Å². The monoisotopic (exact) mass is 286 g/mol. The van der Waals surface area contributed by atoms with Gasteiger partial charge in [-0.05, 0) is 27.2 Å². The van der Waals surface area contributed by atoms with Crippen LogP contribution in [0.15, 0.2) is 0 Å². The number of amides is 2. The maximum atomic E-state index is 12.0. The molecule has 0 unspecified atom stereocenters. The molecule has 2 atom stereocenters. The fourth-order valence-corrected chi connectivity index (χ4v) is 2.15. The van der Waals surface area contributed by atoms with Crippen molar-refractivity contribution in [2.45, 2.75) is 32.8 Å². The van der Waals surface area contributed by atoms with Crippen molar-refractivity contribution in [3.05, 3.63) is 0 Å².